The molecule has 0 saturated carbocycles. The number of ether oxygens (including phenoxy) is 1. The Labute approximate surface area is 87.7 Å². The van der Waals surface area contributed by atoms with Gasteiger partial charge in [-0.1, -0.05) is 31.4 Å². The highest BCUT2D eigenvalue weighted by atomic mass is 19.4. The van der Waals surface area contributed by atoms with Gasteiger partial charge in [0.15, 0.2) is 0 Å². The van der Waals surface area contributed by atoms with E-state index in [-0.39, 0.29) is 17.1 Å². The molecule has 0 amide bonds. The van der Waals surface area contributed by atoms with E-state index < -0.39 is 6.36 Å². The van der Waals surface area contributed by atoms with E-state index >= 15 is 0 Å². The van der Waals surface area contributed by atoms with Crippen LogP contribution in [0, 0.1) is 0 Å². The van der Waals surface area contributed by atoms with Gasteiger partial charge in [0.25, 0.3) is 0 Å². The van der Waals surface area contributed by atoms with Gasteiger partial charge in [0.05, 0.1) is 0 Å². The highest BCUT2D eigenvalue weighted by Crippen LogP contribution is 2.22. The number of hydrogen-bond donors (Lipinski definition) is 0. The van der Waals surface area contributed by atoms with Crippen molar-refractivity contribution in [2.75, 3.05) is 0 Å². The van der Waals surface area contributed by atoms with Crippen LogP contribution in [0.2, 0.25) is 0 Å². The molecular formula is C10H10BF3O. The van der Waals surface area contributed by atoms with Crippen LogP contribution in [-0.2, 0) is 0 Å². The molecule has 15 heavy (non-hydrogen) atoms. The summed E-state index contributed by atoms with van der Waals surface area (Å²) in [6.45, 7) is 3.86. The quantitative estimate of drug-likeness (QED) is 0.687. The number of benzene rings is 1. The topological polar surface area (TPSA) is 9.23 Å². The summed E-state index contributed by atoms with van der Waals surface area (Å²) in [4.78, 5) is 0. The van der Waals surface area contributed by atoms with Gasteiger partial charge in [0.2, 0.25) is 0 Å². The molecule has 0 aliphatic heterocycles. The van der Waals surface area contributed by atoms with Gasteiger partial charge in [-0.2, -0.15) is 0 Å². The maximum absolute atomic E-state index is 11.9. The van der Waals surface area contributed by atoms with E-state index in [1.165, 1.54) is 12.1 Å². The molecule has 0 atom stereocenters. The Morgan fingerprint density at radius 1 is 1.27 bits per heavy atom. The molecule has 2 radical (unpaired) electrons. The second-order valence-corrected chi connectivity index (χ2v) is 3.50. The molecule has 0 aromatic heterocycles. The van der Waals surface area contributed by atoms with E-state index in [4.69, 9.17) is 7.85 Å². The molecule has 0 N–H and O–H groups in total. The van der Waals surface area contributed by atoms with Crippen LogP contribution in [0.15, 0.2) is 18.2 Å². The molecule has 5 heteroatoms. The lowest BCUT2D eigenvalue weighted by Crippen LogP contribution is -2.22. The van der Waals surface area contributed by atoms with E-state index in [1.54, 1.807) is 6.07 Å². The Balaban J connectivity index is 2.94. The third-order valence-electron chi connectivity index (χ3n) is 1.93. The van der Waals surface area contributed by atoms with Gasteiger partial charge < -0.3 is 4.74 Å². The lowest BCUT2D eigenvalue weighted by molar-refractivity contribution is -0.274. The van der Waals surface area contributed by atoms with Gasteiger partial charge in [0, 0.05) is 0 Å². The molecular weight excluding hydrogens is 204 g/mol. The average Bonchev–Trinajstić information content (AvgIpc) is 2.05. The minimum Gasteiger partial charge on any atom is -0.406 e. The molecule has 0 heterocycles. The molecule has 0 aliphatic carbocycles. The first kappa shape index (κ1) is 11.9. The Morgan fingerprint density at radius 3 is 2.27 bits per heavy atom. The fourth-order valence-electron chi connectivity index (χ4n) is 1.14. The number of rotatable bonds is 2. The molecule has 1 rings (SSSR count). The molecule has 1 nitrogen and oxygen atoms in total. The highest BCUT2D eigenvalue weighted by Gasteiger charge is 2.31. The minimum absolute atomic E-state index is 0.00137. The third-order valence-corrected chi connectivity index (χ3v) is 1.93. The van der Waals surface area contributed by atoms with Crippen molar-refractivity contribution in [1.29, 1.82) is 0 Å². The lowest BCUT2D eigenvalue weighted by Gasteiger charge is -2.13. The Morgan fingerprint density at radius 2 is 1.87 bits per heavy atom. The normalized spacial score (nSPS) is 11.9. The van der Waals surface area contributed by atoms with Crippen LogP contribution in [0.1, 0.15) is 25.3 Å². The molecule has 0 bridgehead atoms. The van der Waals surface area contributed by atoms with Gasteiger partial charge in [-0.3, -0.25) is 0 Å². The molecule has 80 valence electrons. The maximum Gasteiger partial charge on any atom is 0.573 e. The largest absolute Gasteiger partial charge is 0.573 e. The molecule has 0 fully saturated rings. The van der Waals surface area contributed by atoms with E-state index in [9.17, 15) is 13.2 Å². The fraction of sp³-hybridized carbons (Fsp3) is 0.400. The molecule has 0 unspecified atom stereocenters. The molecule has 0 spiro atoms. The first-order chi connectivity index (χ1) is 6.79. The molecule has 1 aromatic carbocycles. The average molecular weight is 214 g/mol. The summed E-state index contributed by atoms with van der Waals surface area (Å²) in [6.07, 6.45) is -4.70. The van der Waals surface area contributed by atoms with E-state index in [0.29, 0.717) is 0 Å². The Bertz CT molecular complexity index is 347. The van der Waals surface area contributed by atoms with E-state index in [2.05, 4.69) is 4.74 Å². The molecule has 0 saturated heterocycles. The van der Waals surface area contributed by atoms with Crippen LogP contribution in [0.3, 0.4) is 0 Å². The van der Waals surface area contributed by atoms with Gasteiger partial charge >= 0.3 is 6.36 Å². The minimum atomic E-state index is -4.70. The fourth-order valence-corrected chi connectivity index (χ4v) is 1.14. The number of halogens is 3. The van der Waals surface area contributed by atoms with Crippen LogP contribution < -0.4 is 10.2 Å². The van der Waals surface area contributed by atoms with Gasteiger partial charge in [0.1, 0.15) is 13.6 Å². The van der Waals surface area contributed by atoms with Crippen LogP contribution in [0.4, 0.5) is 13.2 Å². The number of hydrogen-bond acceptors (Lipinski definition) is 1. The first-order valence-electron chi connectivity index (χ1n) is 4.45. The second kappa shape index (κ2) is 4.17. The Kier molecular flexibility index (Phi) is 3.32. The van der Waals surface area contributed by atoms with Gasteiger partial charge in [-0.05, 0) is 17.5 Å². The van der Waals surface area contributed by atoms with Crippen molar-refractivity contribution in [3.8, 4) is 5.75 Å². The summed E-state index contributed by atoms with van der Waals surface area (Å²) in [5, 5.41) is 0. The summed E-state index contributed by atoms with van der Waals surface area (Å²) < 4.78 is 39.5. The SMILES string of the molecule is [B]c1cc(C(C)C)ccc1OC(F)(F)F. The molecule has 1 aromatic rings. The zero-order valence-corrected chi connectivity index (χ0v) is 8.43. The van der Waals surface area contributed by atoms with Crippen LogP contribution in [-0.4, -0.2) is 14.2 Å². The van der Waals surface area contributed by atoms with E-state index in [1.807, 2.05) is 13.8 Å². The van der Waals surface area contributed by atoms with Crippen LogP contribution in [0.25, 0.3) is 0 Å². The zero-order chi connectivity index (χ0) is 11.6. The number of alkyl halides is 3. The van der Waals surface area contributed by atoms with Crippen molar-refractivity contribution in [3.05, 3.63) is 23.8 Å². The molecule has 0 aliphatic rings. The standard InChI is InChI=1S/C10H10BF3O/c1-6(2)7-3-4-9(8(11)5-7)15-10(12,13)14/h3-6H,1-2H3. The predicted molar refractivity (Wildman–Crippen MR) is 52.6 cm³/mol. The van der Waals surface area contributed by atoms with Gasteiger partial charge in [-0.15, -0.1) is 13.2 Å². The summed E-state index contributed by atoms with van der Waals surface area (Å²) in [5.41, 5.74) is 0.876. The van der Waals surface area contributed by atoms with Crippen LogP contribution >= 0.6 is 0 Å². The van der Waals surface area contributed by atoms with Crippen molar-refractivity contribution in [3.63, 3.8) is 0 Å². The second-order valence-electron chi connectivity index (χ2n) is 3.50. The highest BCUT2D eigenvalue weighted by molar-refractivity contribution is 6.34. The summed E-state index contributed by atoms with van der Waals surface area (Å²) in [7, 11) is 5.44. The van der Waals surface area contributed by atoms with Crippen molar-refractivity contribution >= 4 is 13.3 Å². The zero-order valence-electron chi connectivity index (χ0n) is 8.43. The Hall–Kier alpha value is -1.13. The predicted octanol–water partition coefficient (Wildman–Crippen LogP) is 2.50. The van der Waals surface area contributed by atoms with Crippen molar-refractivity contribution in [1.82, 2.24) is 0 Å². The van der Waals surface area contributed by atoms with Crippen molar-refractivity contribution < 1.29 is 17.9 Å². The summed E-state index contributed by atoms with van der Waals surface area (Å²) >= 11 is 0. The lowest BCUT2D eigenvalue weighted by atomic mass is 9.90. The van der Waals surface area contributed by atoms with Gasteiger partial charge in [-0.25, -0.2) is 0 Å². The van der Waals surface area contributed by atoms with Crippen LogP contribution in [0.5, 0.6) is 5.75 Å². The maximum atomic E-state index is 11.9. The summed E-state index contributed by atoms with van der Waals surface area (Å²) in [6, 6.07) is 4.30. The van der Waals surface area contributed by atoms with E-state index in [0.717, 1.165) is 5.56 Å². The first-order valence-corrected chi connectivity index (χ1v) is 4.45. The van der Waals surface area contributed by atoms with Crippen molar-refractivity contribution in [2.45, 2.75) is 26.1 Å². The monoisotopic (exact) mass is 214 g/mol. The third kappa shape index (κ3) is 3.49. The summed E-state index contributed by atoms with van der Waals surface area (Å²) in [5.74, 6) is -0.140. The smallest absolute Gasteiger partial charge is 0.406 e. The van der Waals surface area contributed by atoms with Crippen molar-refractivity contribution in [2.24, 2.45) is 0 Å².